The highest BCUT2D eigenvalue weighted by Gasteiger charge is 2.20. The molecule has 0 radical (unpaired) electrons. The number of aliphatic hydroxyl groups is 1. The van der Waals surface area contributed by atoms with Gasteiger partial charge in [-0.15, -0.1) is 0 Å². The topological polar surface area (TPSA) is 65.5 Å². The second-order valence-corrected chi connectivity index (χ2v) is 5.08. The zero-order valence-electron chi connectivity index (χ0n) is 11.5. The van der Waals surface area contributed by atoms with Crippen molar-refractivity contribution >= 4 is 11.6 Å². The summed E-state index contributed by atoms with van der Waals surface area (Å²) >= 11 is 0. The molecule has 104 valence electrons. The molecule has 1 aromatic heterocycles. The molecular weight excluding hydrogens is 242 g/mol. The molecule has 0 bridgehead atoms. The van der Waals surface area contributed by atoms with Gasteiger partial charge in [0.2, 0.25) is 5.91 Å². The van der Waals surface area contributed by atoms with Crippen molar-refractivity contribution in [2.45, 2.75) is 38.8 Å². The third-order valence-corrected chi connectivity index (χ3v) is 3.47. The number of amides is 1. The Bertz CT molecular complexity index is 423. The Morgan fingerprint density at radius 3 is 2.63 bits per heavy atom. The first-order chi connectivity index (χ1) is 9.06. The summed E-state index contributed by atoms with van der Waals surface area (Å²) in [5, 5.41) is 12.4. The molecule has 1 saturated heterocycles. The Labute approximate surface area is 113 Å². The number of aliphatic hydroxyl groups excluding tert-OH is 1. The van der Waals surface area contributed by atoms with Gasteiger partial charge in [0, 0.05) is 26.1 Å². The largest absolute Gasteiger partial charge is 0.387 e. The minimum absolute atomic E-state index is 0.0430. The van der Waals surface area contributed by atoms with Gasteiger partial charge < -0.3 is 15.3 Å². The van der Waals surface area contributed by atoms with Gasteiger partial charge in [0.15, 0.2) is 0 Å². The van der Waals surface area contributed by atoms with Gasteiger partial charge in [-0.1, -0.05) is 0 Å². The Morgan fingerprint density at radius 2 is 2.16 bits per heavy atom. The van der Waals surface area contributed by atoms with Crippen molar-refractivity contribution in [3.63, 3.8) is 0 Å². The van der Waals surface area contributed by atoms with Crippen LogP contribution < -0.4 is 10.2 Å². The van der Waals surface area contributed by atoms with Gasteiger partial charge in [-0.25, -0.2) is 0 Å². The molecule has 2 N–H and O–H groups in total. The SMILES string of the molecule is CC(=O)NC1CCN(c2ccc([C@@H](C)O)nc2)CC1. The van der Waals surface area contributed by atoms with E-state index in [1.54, 1.807) is 20.0 Å². The molecule has 5 nitrogen and oxygen atoms in total. The van der Waals surface area contributed by atoms with E-state index in [2.05, 4.69) is 15.2 Å². The van der Waals surface area contributed by atoms with Crippen molar-refractivity contribution in [2.75, 3.05) is 18.0 Å². The first-order valence-corrected chi connectivity index (χ1v) is 6.72. The molecule has 2 heterocycles. The lowest BCUT2D eigenvalue weighted by molar-refractivity contribution is -0.119. The molecule has 1 aliphatic rings. The average Bonchev–Trinajstić information content (AvgIpc) is 2.39. The monoisotopic (exact) mass is 263 g/mol. The van der Waals surface area contributed by atoms with E-state index in [-0.39, 0.29) is 5.91 Å². The normalized spacial score (nSPS) is 18.2. The van der Waals surface area contributed by atoms with Crippen LogP contribution in [0.5, 0.6) is 0 Å². The maximum absolute atomic E-state index is 11.0. The predicted octanol–water partition coefficient (Wildman–Crippen LogP) is 1.24. The summed E-state index contributed by atoms with van der Waals surface area (Å²) in [5.41, 5.74) is 1.77. The van der Waals surface area contributed by atoms with Crippen LogP contribution >= 0.6 is 0 Å². The van der Waals surface area contributed by atoms with Crippen LogP contribution in [0.3, 0.4) is 0 Å². The van der Waals surface area contributed by atoms with Crippen LogP contribution in [0.2, 0.25) is 0 Å². The van der Waals surface area contributed by atoms with E-state index in [9.17, 15) is 9.90 Å². The van der Waals surface area contributed by atoms with E-state index < -0.39 is 6.10 Å². The second-order valence-electron chi connectivity index (χ2n) is 5.08. The summed E-state index contributed by atoms with van der Waals surface area (Å²) in [6.07, 6.45) is 3.19. The van der Waals surface area contributed by atoms with Crippen LogP contribution in [-0.4, -0.2) is 35.1 Å². The fraction of sp³-hybridized carbons (Fsp3) is 0.571. The van der Waals surface area contributed by atoms with Crippen LogP contribution in [-0.2, 0) is 4.79 Å². The summed E-state index contributed by atoms with van der Waals surface area (Å²) in [4.78, 5) is 17.5. The Balaban J connectivity index is 1.92. The summed E-state index contributed by atoms with van der Waals surface area (Å²) in [7, 11) is 0. The fourth-order valence-electron chi connectivity index (χ4n) is 2.40. The quantitative estimate of drug-likeness (QED) is 0.861. The highest BCUT2D eigenvalue weighted by Crippen LogP contribution is 2.20. The number of anilines is 1. The number of hydrogen-bond donors (Lipinski definition) is 2. The van der Waals surface area contributed by atoms with Gasteiger partial charge in [-0.05, 0) is 31.9 Å². The lowest BCUT2D eigenvalue weighted by Gasteiger charge is -2.33. The second kappa shape index (κ2) is 6.02. The molecule has 0 aromatic carbocycles. The number of aromatic nitrogens is 1. The molecule has 1 fully saturated rings. The van der Waals surface area contributed by atoms with Crippen LogP contribution in [0.25, 0.3) is 0 Å². The van der Waals surface area contributed by atoms with E-state index in [4.69, 9.17) is 0 Å². The molecular formula is C14H21N3O2. The van der Waals surface area contributed by atoms with Gasteiger partial charge in [-0.3, -0.25) is 9.78 Å². The molecule has 19 heavy (non-hydrogen) atoms. The lowest BCUT2D eigenvalue weighted by atomic mass is 10.0. The molecule has 1 atom stereocenters. The van der Waals surface area contributed by atoms with Crippen LogP contribution in [0, 0.1) is 0 Å². The van der Waals surface area contributed by atoms with Crippen molar-refractivity contribution in [3.8, 4) is 0 Å². The summed E-state index contributed by atoms with van der Waals surface area (Å²) in [6, 6.07) is 4.15. The van der Waals surface area contributed by atoms with Crippen molar-refractivity contribution in [2.24, 2.45) is 0 Å². The maximum Gasteiger partial charge on any atom is 0.217 e. The molecule has 1 aliphatic heterocycles. The Morgan fingerprint density at radius 1 is 1.47 bits per heavy atom. The zero-order chi connectivity index (χ0) is 13.8. The van der Waals surface area contributed by atoms with Crippen molar-refractivity contribution in [1.82, 2.24) is 10.3 Å². The minimum atomic E-state index is -0.528. The summed E-state index contributed by atoms with van der Waals surface area (Å²) < 4.78 is 0. The number of nitrogens with zero attached hydrogens (tertiary/aromatic N) is 2. The fourth-order valence-corrected chi connectivity index (χ4v) is 2.40. The highest BCUT2D eigenvalue weighted by atomic mass is 16.3. The van der Waals surface area contributed by atoms with E-state index in [0.717, 1.165) is 31.6 Å². The van der Waals surface area contributed by atoms with E-state index in [0.29, 0.717) is 11.7 Å². The average molecular weight is 263 g/mol. The highest BCUT2D eigenvalue weighted by molar-refractivity contribution is 5.73. The predicted molar refractivity (Wildman–Crippen MR) is 73.9 cm³/mol. The molecule has 0 saturated carbocycles. The molecule has 1 aromatic rings. The molecule has 5 heteroatoms. The van der Waals surface area contributed by atoms with E-state index in [1.807, 2.05) is 12.1 Å². The zero-order valence-corrected chi connectivity index (χ0v) is 11.5. The number of nitrogens with one attached hydrogen (secondary N) is 1. The van der Waals surface area contributed by atoms with Crippen molar-refractivity contribution < 1.29 is 9.90 Å². The molecule has 0 unspecified atom stereocenters. The third kappa shape index (κ3) is 3.67. The maximum atomic E-state index is 11.0. The first kappa shape index (κ1) is 13.8. The van der Waals surface area contributed by atoms with Crippen LogP contribution in [0.1, 0.15) is 38.5 Å². The van der Waals surface area contributed by atoms with Crippen LogP contribution in [0.4, 0.5) is 5.69 Å². The number of pyridine rings is 1. The van der Waals surface area contributed by atoms with Gasteiger partial charge >= 0.3 is 0 Å². The molecule has 2 rings (SSSR count). The number of carbonyl (C=O) groups excluding carboxylic acids is 1. The number of hydrogen-bond acceptors (Lipinski definition) is 4. The standard InChI is InChI=1S/C14H21N3O2/c1-10(18)14-4-3-13(9-15-14)17-7-5-12(6-8-17)16-11(2)19/h3-4,9-10,12,18H,5-8H2,1-2H3,(H,16,19)/t10-/m1/s1. The summed E-state index contributed by atoms with van der Waals surface area (Å²) in [6.45, 7) is 5.10. The van der Waals surface area contributed by atoms with E-state index >= 15 is 0 Å². The smallest absolute Gasteiger partial charge is 0.217 e. The van der Waals surface area contributed by atoms with Gasteiger partial charge in [0.1, 0.15) is 0 Å². The van der Waals surface area contributed by atoms with E-state index in [1.165, 1.54) is 0 Å². The van der Waals surface area contributed by atoms with Crippen molar-refractivity contribution in [3.05, 3.63) is 24.0 Å². The molecule has 0 aliphatic carbocycles. The Hall–Kier alpha value is -1.62. The number of piperidine rings is 1. The Kier molecular flexibility index (Phi) is 4.37. The van der Waals surface area contributed by atoms with Crippen molar-refractivity contribution in [1.29, 1.82) is 0 Å². The van der Waals surface area contributed by atoms with Gasteiger partial charge in [0.05, 0.1) is 23.7 Å². The van der Waals surface area contributed by atoms with Gasteiger partial charge in [-0.2, -0.15) is 0 Å². The lowest BCUT2D eigenvalue weighted by Crippen LogP contribution is -2.44. The minimum Gasteiger partial charge on any atom is -0.387 e. The third-order valence-electron chi connectivity index (χ3n) is 3.47. The molecule has 0 spiro atoms. The van der Waals surface area contributed by atoms with Gasteiger partial charge in [0.25, 0.3) is 0 Å². The number of rotatable bonds is 3. The molecule has 1 amide bonds. The first-order valence-electron chi connectivity index (χ1n) is 6.72. The summed E-state index contributed by atoms with van der Waals surface area (Å²) in [5.74, 6) is 0.0430. The van der Waals surface area contributed by atoms with Crippen LogP contribution in [0.15, 0.2) is 18.3 Å². The number of carbonyl (C=O) groups is 1.